The van der Waals surface area contributed by atoms with E-state index < -0.39 is 17.5 Å². The molecule has 1 aromatic carbocycles. The van der Waals surface area contributed by atoms with E-state index in [1.165, 1.54) is 15.9 Å². The number of anilines is 1. The number of carbonyl (C=O) groups excluding carboxylic acids is 1. The number of aromatic nitrogens is 4. The predicted octanol–water partition coefficient (Wildman–Crippen LogP) is 0.829. The van der Waals surface area contributed by atoms with Crippen molar-refractivity contribution in [3.63, 3.8) is 0 Å². The number of piperazine rings is 1. The first-order valence-corrected chi connectivity index (χ1v) is 7.42. The SMILES string of the molecule is O=C(CCn1cnnn1)N1CCN(c2c(F)cc(F)cc2F)CC1. The van der Waals surface area contributed by atoms with Gasteiger partial charge in [0.15, 0.2) is 11.6 Å². The van der Waals surface area contributed by atoms with Crippen LogP contribution in [0.2, 0.25) is 0 Å². The van der Waals surface area contributed by atoms with Gasteiger partial charge in [-0.2, -0.15) is 0 Å². The minimum atomic E-state index is -0.954. The smallest absolute Gasteiger partial charge is 0.224 e. The third kappa shape index (κ3) is 3.47. The van der Waals surface area contributed by atoms with Crippen LogP contribution < -0.4 is 4.90 Å². The summed E-state index contributed by atoms with van der Waals surface area (Å²) in [6, 6.07) is 1.31. The Hall–Kier alpha value is -2.65. The third-order valence-electron chi connectivity index (χ3n) is 3.88. The Labute approximate surface area is 135 Å². The summed E-state index contributed by atoms with van der Waals surface area (Å²) in [5.41, 5.74) is -0.253. The molecule has 10 heteroatoms. The molecular formula is C14H15F3N6O. The van der Waals surface area contributed by atoms with Crippen molar-refractivity contribution in [1.82, 2.24) is 25.1 Å². The second-order valence-electron chi connectivity index (χ2n) is 5.41. The fourth-order valence-electron chi connectivity index (χ4n) is 2.67. The van der Waals surface area contributed by atoms with Gasteiger partial charge < -0.3 is 9.80 Å². The fourth-order valence-corrected chi connectivity index (χ4v) is 2.67. The van der Waals surface area contributed by atoms with Gasteiger partial charge in [0.25, 0.3) is 0 Å². The minimum absolute atomic E-state index is 0.0785. The van der Waals surface area contributed by atoms with Crippen molar-refractivity contribution >= 4 is 11.6 Å². The maximum Gasteiger partial charge on any atom is 0.224 e. The van der Waals surface area contributed by atoms with Gasteiger partial charge in [-0.3, -0.25) is 4.79 Å². The molecule has 0 radical (unpaired) electrons. The first-order chi connectivity index (χ1) is 11.5. The van der Waals surface area contributed by atoms with E-state index in [0.717, 1.165) is 0 Å². The molecule has 0 aliphatic carbocycles. The van der Waals surface area contributed by atoms with Crippen LogP contribution >= 0.6 is 0 Å². The van der Waals surface area contributed by atoms with Crippen LogP contribution in [0.3, 0.4) is 0 Å². The molecule has 0 atom stereocenters. The van der Waals surface area contributed by atoms with Crippen LogP contribution in [0.25, 0.3) is 0 Å². The van der Waals surface area contributed by atoms with E-state index in [1.807, 2.05) is 0 Å². The minimum Gasteiger partial charge on any atom is -0.363 e. The molecule has 2 aromatic rings. The first-order valence-electron chi connectivity index (χ1n) is 7.42. The molecule has 1 fully saturated rings. The fraction of sp³-hybridized carbons (Fsp3) is 0.429. The Morgan fingerprint density at radius 1 is 1.08 bits per heavy atom. The molecular weight excluding hydrogens is 325 g/mol. The molecule has 0 saturated carbocycles. The van der Waals surface area contributed by atoms with Crippen LogP contribution in [0.5, 0.6) is 0 Å². The largest absolute Gasteiger partial charge is 0.363 e. The molecule has 0 spiro atoms. The van der Waals surface area contributed by atoms with Crippen LogP contribution in [-0.4, -0.2) is 57.2 Å². The van der Waals surface area contributed by atoms with Crippen molar-refractivity contribution in [3.8, 4) is 0 Å². The molecule has 1 aliphatic heterocycles. The maximum atomic E-state index is 13.8. The maximum absolute atomic E-state index is 13.8. The van der Waals surface area contributed by atoms with Crippen molar-refractivity contribution in [1.29, 1.82) is 0 Å². The highest BCUT2D eigenvalue weighted by Crippen LogP contribution is 2.25. The number of tetrazole rings is 1. The quantitative estimate of drug-likeness (QED) is 0.825. The van der Waals surface area contributed by atoms with Gasteiger partial charge in [0, 0.05) is 44.7 Å². The summed E-state index contributed by atoms with van der Waals surface area (Å²) in [7, 11) is 0. The molecule has 1 aliphatic rings. The van der Waals surface area contributed by atoms with E-state index in [1.54, 1.807) is 4.90 Å². The number of amides is 1. The summed E-state index contributed by atoms with van der Waals surface area (Å²) in [5.74, 6) is -2.91. The van der Waals surface area contributed by atoms with Gasteiger partial charge in [-0.15, -0.1) is 5.10 Å². The van der Waals surface area contributed by atoms with E-state index in [2.05, 4.69) is 15.5 Å². The van der Waals surface area contributed by atoms with Gasteiger partial charge in [-0.05, 0) is 10.4 Å². The standard InChI is InChI=1S/C14H15F3N6O/c15-10-7-11(16)14(12(17)8-10)22-5-3-21(4-6-22)13(24)1-2-23-9-18-19-20-23/h7-9H,1-6H2. The van der Waals surface area contributed by atoms with Crippen LogP contribution in [0, 0.1) is 17.5 Å². The third-order valence-corrected chi connectivity index (χ3v) is 3.88. The Balaban J connectivity index is 1.57. The lowest BCUT2D eigenvalue weighted by molar-refractivity contribution is -0.131. The van der Waals surface area contributed by atoms with Gasteiger partial charge in [-0.1, -0.05) is 0 Å². The molecule has 2 heterocycles. The molecule has 0 N–H and O–H groups in total. The van der Waals surface area contributed by atoms with E-state index in [4.69, 9.17) is 0 Å². The van der Waals surface area contributed by atoms with Crippen molar-refractivity contribution in [2.75, 3.05) is 31.1 Å². The Morgan fingerprint density at radius 2 is 1.75 bits per heavy atom. The van der Waals surface area contributed by atoms with Crippen molar-refractivity contribution in [3.05, 3.63) is 35.9 Å². The Morgan fingerprint density at radius 3 is 2.33 bits per heavy atom. The van der Waals surface area contributed by atoms with E-state index in [0.29, 0.717) is 31.8 Å². The number of benzene rings is 1. The highest BCUT2D eigenvalue weighted by molar-refractivity contribution is 5.76. The van der Waals surface area contributed by atoms with E-state index in [-0.39, 0.29) is 31.1 Å². The summed E-state index contributed by atoms with van der Waals surface area (Å²) < 4.78 is 42.0. The number of rotatable bonds is 4. The number of carbonyl (C=O) groups is 1. The number of hydrogen-bond donors (Lipinski definition) is 0. The predicted molar refractivity (Wildman–Crippen MR) is 77.5 cm³/mol. The van der Waals surface area contributed by atoms with E-state index >= 15 is 0 Å². The van der Waals surface area contributed by atoms with E-state index in [9.17, 15) is 18.0 Å². The van der Waals surface area contributed by atoms with Crippen molar-refractivity contribution < 1.29 is 18.0 Å². The second-order valence-corrected chi connectivity index (χ2v) is 5.41. The molecule has 1 aromatic heterocycles. The van der Waals surface area contributed by atoms with Crippen LogP contribution in [-0.2, 0) is 11.3 Å². The molecule has 3 rings (SSSR count). The molecule has 0 bridgehead atoms. The number of nitrogens with zero attached hydrogens (tertiary/aromatic N) is 6. The normalized spacial score (nSPS) is 15.0. The number of halogens is 3. The van der Waals surface area contributed by atoms with Crippen LogP contribution in [0.15, 0.2) is 18.5 Å². The zero-order valence-corrected chi connectivity index (χ0v) is 12.7. The van der Waals surface area contributed by atoms with Gasteiger partial charge >= 0.3 is 0 Å². The highest BCUT2D eigenvalue weighted by atomic mass is 19.1. The molecule has 0 unspecified atom stereocenters. The summed E-state index contributed by atoms with van der Waals surface area (Å²) >= 11 is 0. The summed E-state index contributed by atoms with van der Waals surface area (Å²) in [4.78, 5) is 15.2. The number of hydrogen-bond acceptors (Lipinski definition) is 5. The zero-order valence-electron chi connectivity index (χ0n) is 12.7. The van der Waals surface area contributed by atoms with Crippen LogP contribution in [0.1, 0.15) is 6.42 Å². The van der Waals surface area contributed by atoms with Gasteiger partial charge in [0.2, 0.25) is 5.91 Å². The molecule has 7 nitrogen and oxygen atoms in total. The molecule has 24 heavy (non-hydrogen) atoms. The zero-order chi connectivity index (χ0) is 17.1. The average molecular weight is 340 g/mol. The molecule has 1 saturated heterocycles. The highest BCUT2D eigenvalue weighted by Gasteiger charge is 2.25. The summed E-state index contributed by atoms with van der Waals surface area (Å²) in [6.45, 7) is 1.59. The second kappa shape index (κ2) is 6.85. The summed E-state index contributed by atoms with van der Waals surface area (Å²) in [6.07, 6.45) is 1.66. The van der Waals surface area contributed by atoms with Gasteiger partial charge in [-0.25, -0.2) is 17.9 Å². The van der Waals surface area contributed by atoms with Crippen molar-refractivity contribution in [2.45, 2.75) is 13.0 Å². The lowest BCUT2D eigenvalue weighted by Crippen LogP contribution is -2.49. The monoisotopic (exact) mass is 340 g/mol. The number of aryl methyl sites for hydroxylation is 1. The van der Waals surface area contributed by atoms with Gasteiger partial charge in [0.05, 0.1) is 6.54 Å². The average Bonchev–Trinajstić information content (AvgIpc) is 3.06. The Kier molecular flexibility index (Phi) is 4.63. The van der Waals surface area contributed by atoms with Gasteiger partial charge in [0.1, 0.15) is 17.8 Å². The topological polar surface area (TPSA) is 67.2 Å². The Bertz CT molecular complexity index is 692. The van der Waals surface area contributed by atoms with Crippen LogP contribution in [0.4, 0.5) is 18.9 Å². The molecule has 128 valence electrons. The lowest BCUT2D eigenvalue weighted by atomic mass is 10.2. The van der Waals surface area contributed by atoms with Crippen molar-refractivity contribution in [2.24, 2.45) is 0 Å². The first kappa shape index (κ1) is 16.2. The lowest BCUT2D eigenvalue weighted by Gasteiger charge is -2.36. The molecule has 1 amide bonds. The summed E-state index contributed by atoms with van der Waals surface area (Å²) in [5, 5.41) is 10.6.